The second kappa shape index (κ2) is 7.01. The Morgan fingerprint density at radius 2 is 2.00 bits per heavy atom. The summed E-state index contributed by atoms with van der Waals surface area (Å²) in [5, 5.41) is 3.52. The minimum atomic E-state index is -0.305. The summed E-state index contributed by atoms with van der Waals surface area (Å²) < 4.78 is 14.8. The summed E-state index contributed by atoms with van der Waals surface area (Å²) in [7, 11) is 1.94. The van der Waals surface area contributed by atoms with Crippen LogP contribution in [0.15, 0.2) is 42.5 Å². The number of nitrogens with zero attached hydrogens (tertiary/aromatic N) is 2. The highest BCUT2D eigenvalue weighted by Gasteiger charge is 2.09. The predicted molar refractivity (Wildman–Crippen MR) is 92.5 cm³/mol. The molecule has 1 N–H and O–H groups in total. The fourth-order valence-corrected chi connectivity index (χ4v) is 2.78. The molecule has 0 spiro atoms. The van der Waals surface area contributed by atoms with Gasteiger partial charge in [0.2, 0.25) is 5.91 Å². The van der Waals surface area contributed by atoms with Crippen molar-refractivity contribution in [2.75, 3.05) is 6.54 Å². The lowest BCUT2D eigenvalue weighted by Gasteiger charge is -2.06. The molecule has 24 heavy (non-hydrogen) atoms. The van der Waals surface area contributed by atoms with Gasteiger partial charge in [0.1, 0.15) is 11.6 Å². The quantitative estimate of drug-likeness (QED) is 0.771. The Morgan fingerprint density at radius 3 is 2.75 bits per heavy atom. The van der Waals surface area contributed by atoms with Crippen LogP contribution in [0.4, 0.5) is 4.39 Å². The molecule has 2 aromatic carbocycles. The molecule has 0 aliphatic heterocycles. The molecule has 0 unspecified atom stereocenters. The molecule has 4 nitrogen and oxygen atoms in total. The molecule has 0 aliphatic carbocycles. The molecular formula is C18H17ClFN3O. The molecule has 6 heteroatoms. The van der Waals surface area contributed by atoms with Gasteiger partial charge in [-0.2, -0.15) is 0 Å². The van der Waals surface area contributed by atoms with E-state index in [1.54, 1.807) is 12.1 Å². The predicted octanol–water partition coefficient (Wildman–Crippen LogP) is 3.27. The van der Waals surface area contributed by atoms with Crippen LogP contribution in [0.2, 0.25) is 5.02 Å². The number of hydrogen-bond donors (Lipinski definition) is 1. The fraction of sp³-hybridized carbons (Fsp3) is 0.222. The van der Waals surface area contributed by atoms with E-state index in [1.165, 1.54) is 12.1 Å². The molecule has 1 heterocycles. The summed E-state index contributed by atoms with van der Waals surface area (Å²) in [6.45, 7) is 0.491. The average Bonchev–Trinajstić information content (AvgIpc) is 2.85. The number of aromatic nitrogens is 2. The van der Waals surface area contributed by atoms with Crippen LogP contribution in [0.1, 0.15) is 11.4 Å². The first-order valence-electron chi connectivity index (χ1n) is 7.65. The van der Waals surface area contributed by atoms with E-state index < -0.39 is 0 Å². The minimum Gasteiger partial charge on any atom is -0.355 e. The first-order chi connectivity index (χ1) is 11.5. The van der Waals surface area contributed by atoms with Crippen LogP contribution in [-0.2, 0) is 24.7 Å². The second-order valence-electron chi connectivity index (χ2n) is 5.62. The fourth-order valence-electron chi connectivity index (χ4n) is 2.61. The van der Waals surface area contributed by atoms with Crippen molar-refractivity contribution < 1.29 is 9.18 Å². The summed E-state index contributed by atoms with van der Waals surface area (Å²) in [5.41, 5.74) is 2.64. The van der Waals surface area contributed by atoms with Crippen LogP contribution in [0, 0.1) is 5.82 Å². The van der Waals surface area contributed by atoms with Crippen LogP contribution in [0.3, 0.4) is 0 Å². The van der Waals surface area contributed by atoms with Crippen molar-refractivity contribution in [2.24, 2.45) is 7.05 Å². The third-order valence-corrected chi connectivity index (χ3v) is 4.12. The zero-order chi connectivity index (χ0) is 17.1. The molecular weight excluding hydrogens is 329 g/mol. The van der Waals surface area contributed by atoms with Gasteiger partial charge in [-0.3, -0.25) is 4.79 Å². The maximum atomic E-state index is 12.8. The number of nitrogens with one attached hydrogen (secondary N) is 1. The summed E-state index contributed by atoms with van der Waals surface area (Å²) >= 11 is 5.98. The van der Waals surface area contributed by atoms with E-state index in [0.29, 0.717) is 18.0 Å². The van der Waals surface area contributed by atoms with Crippen molar-refractivity contribution in [3.8, 4) is 0 Å². The molecule has 1 amide bonds. The number of rotatable bonds is 5. The lowest BCUT2D eigenvalue weighted by atomic mass is 10.1. The summed E-state index contributed by atoms with van der Waals surface area (Å²) in [5.74, 6) is 0.485. The van der Waals surface area contributed by atoms with E-state index in [1.807, 2.05) is 29.8 Å². The Bertz CT molecular complexity index is 874. The summed E-state index contributed by atoms with van der Waals surface area (Å²) in [4.78, 5) is 16.5. The molecule has 0 radical (unpaired) electrons. The molecule has 124 valence electrons. The van der Waals surface area contributed by atoms with Crippen molar-refractivity contribution in [2.45, 2.75) is 12.8 Å². The van der Waals surface area contributed by atoms with Crippen molar-refractivity contribution in [1.82, 2.24) is 14.9 Å². The van der Waals surface area contributed by atoms with Gasteiger partial charge in [-0.25, -0.2) is 9.37 Å². The van der Waals surface area contributed by atoms with Gasteiger partial charge < -0.3 is 9.88 Å². The smallest absolute Gasteiger partial charge is 0.224 e. The van der Waals surface area contributed by atoms with E-state index in [9.17, 15) is 9.18 Å². The molecule has 0 saturated heterocycles. The number of carbonyl (C=O) groups excluding carboxylic acids is 1. The monoisotopic (exact) mass is 345 g/mol. The maximum absolute atomic E-state index is 12.8. The number of benzene rings is 2. The lowest BCUT2D eigenvalue weighted by Crippen LogP contribution is -2.27. The molecule has 0 saturated carbocycles. The second-order valence-corrected chi connectivity index (χ2v) is 6.06. The summed E-state index contributed by atoms with van der Waals surface area (Å²) in [6, 6.07) is 11.5. The highest BCUT2D eigenvalue weighted by Crippen LogP contribution is 2.19. The number of halogens is 2. The van der Waals surface area contributed by atoms with E-state index in [-0.39, 0.29) is 18.1 Å². The van der Waals surface area contributed by atoms with Crippen LogP contribution in [-0.4, -0.2) is 22.0 Å². The number of aryl methyl sites for hydroxylation is 1. The van der Waals surface area contributed by atoms with Gasteiger partial charge in [0.15, 0.2) is 0 Å². The van der Waals surface area contributed by atoms with E-state index >= 15 is 0 Å². The molecule has 3 rings (SSSR count). The lowest BCUT2D eigenvalue weighted by molar-refractivity contribution is -0.120. The van der Waals surface area contributed by atoms with E-state index in [0.717, 1.165) is 22.4 Å². The molecule has 3 aromatic rings. The standard InChI is InChI=1S/C18H17ClFN3O/c1-23-16-7-4-13(19)11-15(16)22-17(23)8-9-21-18(24)10-12-2-5-14(20)6-3-12/h2-7,11H,8-10H2,1H3,(H,21,24). The minimum absolute atomic E-state index is 0.0941. The molecule has 0 aliphatic rings. The van der Waals surface area contributed by atoms with Crippen molar-refractivity contribution >= 4 is 28.5 Å². The van der Waals surface area contributed by atoms with Gasteiger partial charge in [-0.1, -0.05) is 23.7 Å². The van der Waals surface area contributed by atoms with Gasteiger partial charge in [-0.15, -0.1) is 0 Å². The number of carbonyl (C=O) groups is 1. The Labute approximate surface area is 144 Å². The number of amides is 1. The van der Waals surface area contributed by atoms with Crippen molar-refractivity contribution in [3.63, 3.8) is 0 Å². The van der Waals surface area contributed by atoms with Gasteiger partial charge in [0, 0.05) is 25.0 Å². The molecule has 0 bridgehead atoms. The first kappa shape index (κ1) is 16.5. The van der Waals surface area contributed by atoms with Gasteiger partial charge in [0.05, 0.1) is 17.5 Å². The molecule has 0 fully saturated rings. The SMILES string of the molecule is Cn1c(CCNC(=O)Cc2ccc(F)cc2)nc2cc(Cl)ccc21. The molecule has 1 aromatic heterocycles. The third-order valence-electron chi connectivity index (χ3n) is 3.88. The Balaban J connectivity index is 1.57. The first-order valence-corrected chi connectivity index (χ1v) is 8.03. The van der Waals surface area contributed by atoms with Crippen LogP contribution >= 0.6 is 11.6 Å². The van der Waals surface area contributed by atoms with Crippen LogP contribution < -0.4 is 5.32 Å². The van der Waals surface area contributed by atoms with E-state index in [2.05, 4.69) is 10.3 Å². The summed E-state index contributed by atoms with van der Waals surface area (Å²) in [6.07, 6.45) is 0.858. The van der Waals surface area contributed by atoms with Gasteiger partial charge >= 0.3 is 0 Å². The highest BCUT2D eigenvalue weighted by atomic mass is 35.5. The van der Waals surface area contributed by atoms with Crippen LogP contribution in [0.5, 0.6) is 0 Å². The number of imidazole rings is 1. The number of hydrogen-bond acceptors (Lipinski definition) is 2. The Morgan fingerprint density at radius 1 is 1.25 bits per heavy atom. The van der Waals surface area contributed by atoms with Gasteiger partial charge in [0.25, 0.3) is 0 Å². The Hall–Kier alpha value is -2.40. The van der Waals surface area contributed by atoms with E-state index in [4.69, 9.17) is 11.6 Å². The normalized spacial score (nSPS) is 11.0. The largest absolute Gasteiger partial charge is 0.355 e. The zero-order valence-corrected chi connectivity index (χ0v) is 14.0. The maximum Gasteiger partial charge on any atom is 0.224 e. The highest BCUT2D eigenvalue weighted by molar-refractivity contribution is 6.31. The Kier molecular flexibility index (Phi) is 4.81. The molecule has 0 atom stereocenters. The van der Waals surface area contributed by atoms with Crippen molar-refractivity contribution in [3.05, 3.63) is 64.7 Å². The van der Waals surface area contributed by atoms with Crippen molar-refractivity contribution in [1.29, 1.82) is 0 Å². The topological polar surface area (TPSA) is 46.9 Å². The van der Waals surface area contributed by atoms with Crippen LogP contribution in [0.25, 0.3) is 11.0 Å². The third kappa shape index (κ3) is 3.74. The average molecular weight is 346 g/mol. The zero-order valence-electron chi connectivity index (χ0n) is 13.2. The number of fused-ring (bicyclic) bond motifs is 1. The van der Waals surface area contributed by atoms with Gasteiger partial charge in [-0.05, 0) is 35.9 Å².